The van der Waals surface area contributed by atoms with Crippen LogP contribution in [-0.2, 0) is 51.0 Å². The standard InChI is InChI=1S/C22H25N5O11S2.Na/c23-39(33,34)13-16(21(30)27(32)38-12-14-7-3-1-4-8-14)19(28)25-18(15-9-5-2-6-10-15)20(29)24-17-11-26(22(17)31)40(35,36)37;/h1-10,16-18,32H,11-13H2,(H,24,29)(H,25,28)(H2,23,33,34)(H,35,36,37);/q;+1/p-1. The smallest absolute Gasteiger partial charge is 0.731 e. The fourth-order valence-corrected chi connectivity index (χ4v) is 4.98. The molecule has 1 aliphatic rings. The second-order valence-electron chi connectivity index (χ2n) is 8.49. The van der Waals surface area contributed by atoms with E-state index < -0.39 is 74.3 Å². The summed E-state index contributed by atoms with van der Waals surface area (Å²) in [5.41, 5.74) is 0.646. The molecule has 16 nitrogen and oxygen atoms in total. The van der Waals surface area contributed by atoms with E-state index >= 15 is 0 Å². The summed E-state index contributed by atoms with van der Waals surface area (Å²) < 4.78 is 56.7. The third-order valence-electron chi connectivity index (χ3n) is 5.56. The summed E-state index contributed by atoms with van der Waals surface area (Å²) in [5, 5.41) is 19.2. The number of benzene rings is 2. The maximum atomic E-state index is 13.1. The number of nitrogens with zero attached hydrogens (tertiary/aromatic N) is 2. The van der Waals surface area contributed by atoms with Crippen molar-refractivity contribution in [1.29, 1.82) is 0 Å². The van der Waals surface area contributed by atoms with Gasteiger partial charge in [-0.15, -0.1) is 0 Å². The monoisotopic (exact) mass is 621 g/mol. The number of rotatable bonds is 12. The molecular weight excluding hydrogens is 597 g/mol. The van der Waals surface area contributed by atoms with Crippen LogP contribution in [0.25, 0.3) is 0 Å². The molecule has 0 aromatic heterocycles. The summed E-state index contributed by atoms with van der Waals surface area (Å²) in [7, 11) is -9.57. The topological polar surface area (TPSA) is 246 Å². The van der Waals surface area contributed by atoms with Gasteiger partial charge < -0.3 is 15.2 Å². The van der Waals surface area contributed by atoms with Crippen LogP contribution in [0.15, 0.2) is 60.7 Å². The number of β-lactam (4-membered cyclic amide) rings is 1. The normalized spacial score (nSPS) is 16.4. The third-order valence-corrected chi connectivity index (χ3v) is 7.23. The van der Waals surface area contributed by atoms with Crippen molar-refractivity contribution in [2.24, 2.45) is 11.1 Å². The van der Waals surface area contributed by atoms with Crippen LogP contribution in [0, 0.1) is 5.92 Å². The molecule has 3 unspecified atom stereocenters. The minimum Gasteiger partial charge on any atom is -0.731 e. The third kappa shape index (κ3) is 9.55. The van der Waals surface area contributed by atoms with E-state index in [9.17, 15) is 45.8 Å². The zero-order valence-electron chi connectivity index (χ0n) is 21.4. The van der Waals surface area contributed by atoms with Gasteiger partial charge in [0.05, 0.1) is 12.3 Å². The molecule has 0 radical (unpaired) electrons. The maximum Gasteiger partial charge on any atom is 1.00 e. The average Bonchev–Trinajstić information content (AvgIpc) is 2.90. The first kappa shape index (κ1) is 34.3. The van der Waals surface area contributed by atoms with Gasteiger partial charge in [0.2, 0.25) is 21.8 Å². The number of hydrogen-bond donors (Lipinski definition) is 4. The molecule has 1 saturated heterocycles. The quantitative estimate of drug-likeness (QED) is 0.0436. The Labute approximate surface area is 256 Å². The van der Waals surface area contributed by atoms with E-state index in [1.165, 1.54) is 24.3 Å². The van der Waals surface area contributed by atoms with Crippen molar-refractivity contribution in [2.45, 2.75) is 18.7 Å². The Kier molecular flexibility index (Phi) is 11.9. The molecular formula is C22H24N5NaO11S2. The number of carbonyl (C=O) groups excluding carboxylic acids is 4. The first-order valence-corrected chi connectivity index (χ1v) is 14.4. The predicted octanol–water partition coefficient (Wildman–Crippen LogP) is -5.11. The van der Waals surface area contributed by atoms with Crippen LogP contribution >= 0.6 is 0 Å². The zero-order valence-corrected chi connectivity index (χ0v) is 25.1. The van der Waals surface area contributed by atoms with Crippen molar-refractivity contribution in [1.82, 2.24) is 20.2 Å². The Morgan fingerprint density at radius 1 is 1.05 bits per heavy atom. The van der Waals surface area contributed by atoms with E-state index in [4.69, 9.17) is 9.98 Å². The van der Waals surface area contributed by atoms with E-state index in [2.05, 4.69) is 10.6 Å². The first-order valence-electron chi connectivity index (χ1n) is 11.3. The molecule has 4 amide bonds. The number of carbonyl (C=O) groups is 4. The van der Waals surface area contributed by atoms with E-state index in [0.29, 0.717) is 5.56 Å². The van der Waals surface area contributed by atoms with Crippen LogP contribution in [0.4, 0.5) is 0 Å². The Morgan fingerprint density at radius 2 is 1.61 bits per heavy atom. The van der Waals surface area contributed by atoms with Gasteiger partial charge in [0.1, 0.15) is 24.6 Å². The van der Waals surface area contributed by atoms with Gasteiger partial charge in [-0.2, -0.15) is 0 Å². The van der Waals surface area contributed by atoms with Crippen LogP contribution in [0.2, 0.25) is 0 Å². The van der Waals surface area contributed by atoms with Crippen LogP contribution in [-0.4, -0.2) is 78.1 Å². The molecule has 1 heterocycles. The van der Waals surface area contributed by atoms with E-state index in [1.54, 1.807) is 36.4 Å². The molecule has 0 bridgehead atoms. The van der Waals surface area contributed by atoms with Crippen molar-refractivity contribution in [3.8, 4) is 0 Å². The van der Waals surface area contributed by atoms with Gasteiger partial charge in [0.15, 0.2) is 10.3 Å². The summed E-state index contributed by atoms with van der Waals surface area (Å²) in [6.45, 7) is -0.968. The molecule has 0 aliphatic carbocycles. The van der Waals surface area contributed by atoms with Crippen LogP contribution < -0.4 is 45.3 Å². The van der Waals surface area contributed by atoms with Crippen LogP contribution in [0.3, 0.4) is 0 Å². The van der Waals surface area contributed by atoms with Crippen molar-refractivity contribution in [3.05, 3.63) is 71.8 Å². The van der Waals surface area contributed by atoms with Crippen molar-refractivity contribution in [2.75, 3.05) is 12.3 Å². The fraction of sp³-hybridized carbons (Fsp3) is 0.273. The van der Waals surface area contributed by atoms with Gasteiger partial charge in [-0.25, -0.2) is 31.1 Å². The number of hydroxylamine groups is 2. The van der Waals surface area contributed by atoms with Gasteiger partial charge in [-0.1, -0.05) is 65.9 Å². The number of primary sulfonamides is 1. The van der Waals surface area contributed by atoms with Gasteiger partial charge in [-0.3, -0.25) is 24.4 Å². The largest absolute Gasteiger partial charge is 1.00 e. The number of sulfonamides is 1. The molecule has 3 rings (SSSR count). The van der Waals surface area contributed by atoms with Crippen molar-refractivity contribution < 1.29 is 80.2 Å². The molecule has 2 aromatic carbocycles. The van der Waals surface area contributed by atoms with Crippen LogP contribution in [0.1, 0.15) is 17.2 Å². The van der Waals surface area contributed by atoms with Gasteiger partial charge in [0, 0.05) is 0 Å². The SMILES string of the molecule is NS(=O)(=O)CC(C(=O)NC(C(=O)NC1CN(S(=O)(=O)[O-])C1=O)c1ccccc1)C(=O)N(O)OCc1ccccc1.[Na+]. The summed E-state index contributed by atoms with van der Waals surface area (Å²) >= 11 is 0. The van der Waals surface area contributed by atoms with E-state index in [1.807, 2.05) is 0 Å². The van der Waals surface area contributed by atoms with Crippen molar-refractivity contribution >= 4 is 44.0 Å². The predicted molar refractivity (Wildman–Crippen MR) is 132 cm³/mol. The Hall–Kier alpha value is -2.94. The number of amides is 4. The summed E-state index contributed by atoms with van der Waals surface area (Å²) in [6.07, 6.45) is 0. The summed E-state index contributed by atoms with van der Waals surface area (Å²) in [5.74, 6) is -8.57. The average molecular weight is 622 g/mol. The Bertz CT molecular complexity index is 1480. The molecule has 19 heteroatoms. The minimum atomic E-state index is -5.08. The molecule has 2 aromatic rings. The summed E-state index contributed by atoms with van der Waals surface area (Å²) in [6, 6.07) is 12.5. The van der Waals surface area contributed by atoms with Crippen LogP contribution in [0.5, 0.6) is 0 Å². The van der Waals surface area contributed by atoms with E-state index in [-0.39, 0.29) is 51.3 Å². The molecule has 216 valence electrons. The molecule has 5 N–H and O–H groups in total. The maximum absolute atomic E-state index is 13.1. The number of nitrogens with one attached hydrogen (secondary N) is 2. The van der Waals surface area contributed by atoms with E-state index in [0.717, 1.165) is 0 Å². The fourth-order valence-electron chi connectivity index (χ4n) is 3.55. The summed E-state index contributed by atoms with van der Waals surface area (Å²) in [4.78, 5) is 55.9. The molecule has 0 spiro atoms. The Balaban J connectivity index is 0.00000588. The van der Waals surface area contributed by atoms with Gasteiger partial charge >= 0.3 is 29.6 Å². The molecule has 0 saturated carbocycles. The second kappa shape index (κ2) is 14.3. The molecule has 1 aliphatic heterocycles. The molecule has 3 atom stereocenters. The second-order valence-corrected chi connectivity index (χ2v) is 11.4. The molecule has 41 heavy (non-hydrogen) atoms. The van der Waals surface area contributed by atoms with Crippen molar-refractivity contribution in [3.63, 3.8) is 0 Å². The molecule has 1 fully saturated rings. The van der Waals surface area contributed by atoms with Gasteiger partial charge in [-0.05, 0) is 11.1 Å². The zero-order chi connectivity index (χ0) is 29.7. The first-order chi connectivity index (χ1) is 18.7. The minimum absolute atomic E-state index is 0. The number of hydrogen-bond acceptors (Lipinski definition) is 11. The number of nitrogens with two attached hydrogens (primary N) is 1. The Morgan fingerprint density at radius 3 is 2.12 bits per heavy atom. The van der Waals surface area contributed by atoms with Gasteiger partial charge in [0.25, 0.3) is 11.8 Å².